The molecule has 0 aliphatic carbocycles. The predicted octanol–water partition coefficient (Wildman–Crippen LogP) is -5.73. The molecule has 0 saturated carbocycles. The van der Waals surface area contributed by atoms with E-state index in [0.717, 1.165) is 19.3 Å². The van der Waals surface area contributed by atoms with Gasteiger partial charge in [0.15, 0.2) is 0 Å². The van der Waals surface area contributed by atoms with Crippen molar-refractivity contribution in [3.8, 4) is 0 Å². The van der Waals surface area contributed by atoms with Gasteiger partial charge >= 0.3 is 0 Å². The van der Waals surface area contributed by atoms with Crippen molar-refractivity contribution >= 4 is 29.7 Å². The Kier molecular flexibility index (Phi) is 16.1. The number of carboxylic acid groups (broad SMARTS) is 3. The number of carbonyl (C=O) groups is 5. The van der Waals surface area contributed by atoms with E-state index < -0.39 is 23.9 Å². The van der Waals surface area contributed by atoms with Crippen molar-refractivity contribution < 1.29 is 39.3 Å². The highest BCUT2D eigenvalue weighted by atomic mass is 16.4. The van der Waals surface area contributed by atoms with Crippen molar-refractivity contribution in [1.29, 1.82) is 0 Å². The summed E-state index contributed by atoms with van der Waals surface area (Å²) in [4.78, 5) is 65.1. The molecule has 1 heterocycles. The number of unbranched alkanes of at least 4 members (excludes halogenated alkanes) is 2. The van der Waals surface area contributed by atoms with Gasteiger partial charge in [0.2, 0.25) is 11.8 Å². The Bertz CT molecular complexity index is 751. The number of carboxylic acids is 3. The van der Waals surface area contributed by atoms with E-state index in [0.29, 0.717) is 6.54 Å². The SMILES string of the molecule is CCCCCNC(=O)CNC(=O)C(C)N1CCN(CC(=O)[O-])CCN(CC(=O)[O-])CCN(CC(=O)[O-])CC1. The molecule has 1 rings (SSSR count). The lowest BCUT2D eigenvalue weighted by Crippen LogP contribution is -2.54. The number of hydrogen-bond donors (Lipinski definition) is 2. The quantitative estimate of drug-likeness (QED) is 0.198. The zero-order chi connectivity index (χ0) is 28.5. The molecule has 1 unspecified atom stereocenters. The van der Waals surface area contributed by atoms with Gasteiger partial charge < -0.3 is 40.3 Å². The second-order valence-corrected chi connectivity index (χ2v) is 9.43. The molecule has 1 aliphatic rings. The molecule has 2 amide bonds. The minimum Gasteiger partial charge on any atom is -0.549 e. The molecule has 14 nitrogen and oxygen atoms in total. The Morgan fingerprint density at radius 2 is 1.11 bits per heavy atom. The summed E-state index contributed by atoms with van der Waals surface area (Å²) in [5, 5.41) is 39.1. The van der Waals surface area contributed by atoms with E-state index >= 15 is 0 Å². The topological polar surface area (TPSA) is 192 Å². The molecule has 1 atom stereocenters. The summed E-state index contributed by atoms with van der Waals surface area (Å²) in [5.41, 5.74) is 0. The molecule has 2 N–H and O–H groups in total. The molecule has 1 saturated heterocycles. The van der Waals surface area contributed by atoms with Crippen LogP contribution in [-0.4, -0.2) is 140 Å². The van der Waals surface area contributed by atoms with Crippen molar-refractivity contribution in [3.05, 3.63) is 0 Å². The lowest BCUT2D eigenvalue weighted by molar-refractivity contribution is -0.308. The maximum Gasteiger partial charge on any atom is 0.239 e. The van der Waals surface area contributed by atoms with Crippen LogP contribution in [0.15, 0.2) is 0 Å². The minimum absolute atomic E-state index is 0.176. The summed E-state index contributed by atoms with van der Waals surface area (Å²) in [6.07, 6.45) is 2.88. The largest absolute Gasteiger partial charge is 0.549 e. The Labute approximate surface area is 223 Å². The van der Waals surface area contributed by atoms with Crippen molar-refractivity contribution in [2.24, 2.45) is 0 Å². The van der Waals surface area contributed by atoms with Crippen molar-refractivity contribution in [1.82, 2.24) is 30.2 Å². The van der Waals surface area contributed by atoms with Gasteiger partial charge in [0.05, 0.1) is 30.5 Å². The molecule has 218 valence electrons. The number of rotatable bonds is 14. The average molecular weight is 542 g/mol. The van der Waals surface area contributed by atoms with Gasteiger partial charge in [-0.05, 0) is 13.3 Å². The number of nitrogens with one attached hydrogen (secondary N) is 2. The van der Waals surface area contributed by atoms with Crippen LogP contribution in [0, 0.1) is 0 Å². The molecule has 0 aromatic rings. The van der Waals surface area contributed by atoms with Crippen LogP contribution in [-0.2, 0) is 24.0 Å². The molecule has 14 heteroatoms. The Morgan fingerprint density at radius 1 is 0.684 bits per heavy atom. The number of amides is 2. The van der Waals surface area contributed by atoms with Crippen LogP contribution in [0.3, 0.4) is 0 Å². The summed E-state index contributed by atoms with van der Waals surface area (Å²) < 4.78 is 0. The maximum atomic E-state index is 12.8. The van der Waals surface area contributed by atoms with E-state index in [1.54, 1.807) is 26.5 Å². The lowest BCUT2D eigenvalue weighted by Gasteiger charge is -2.36. The number of hydrogen-bond acceptors (Lipinski definition) is 12. The van der Waals surface area contributed by atoms with Crippen molar-refractivity contribution in [2.75, 3.05) is 85.1 Å². The van der Waals surface area contributed by atoms with Crippen LogP contribution in [0.2, 0.25) is 0 Å². The molecule has 0 aromatic carbocycles. The second-order valence-electron chi connectivity index (χ2n) is 9.43. The maximum absolute atomic E-state index is 12.8. The molecular weight excluding hydrogens is 500 g/mol. The molecule has 1 fully saturated rings. The summed E-state index contributed by atoms with van der Waals surface area (Å²) in [6, 6.07) is -0.685. The summed E-state index contributed by atoms with van der Waals surface area (Å²) >= 11 is 0. The molecule has 0 aromatic heterocycles. The number of carbonyl (C=O) groups excluding carboxylic acids is 5. The zero-order valence-electron chi connectivity index (χ0n) is 22.4. The first kappa shape index (κ1) is 33.2. The highest BCUT2D eigenvalue weighted by Gasteiger charge is 2.24. The standard InChI is InChI=1S/C24H44N6O8/c1-3-4-5-6-25-20(31)15-26-24(38)19(2)30-13-11-28(17-22(34)35)9-7-27(16-21(32)33)8-10-29(12-14-30)18-23(36)37/h19H,3-18H2,1-2H3,(H,25,31)(H,26,38)(H,32,33)(H,34,35)(H,36,37)/p-3. The molecule has 38 heavy (non-hydrogen) atoms. The Hall–Kier alpha value is -2.81. The third-order valence-electron chi connectivity index (χ3n) is 6.38. The highest BCUT2D eigenvalue weighted by molar-refractivity contribution is 5.87. The molecular formula is C24H41N6O8-3. The van der Waals surface area contributed by atoms with E-state index in [2.05, 4.69) is 17.6 Å². The second kappa shape index (κ2) is 18.4. The molecule has 0 spiro atoms. The Balaban J connectivity index is 2.90. The minimum atomic E-state index is -1.30. The average Bonchev–Trinajstić information content (AvgIpc) is 2.83. The fourth-order valence-corrected chi connectivity index (χ4v) is 4.11. The molecule has 0 radical (unpaired) electrons. The summed E-state index contributed by atoms with van der Waals surface area (Å²) in [7, 11) is 0. The smallest absolute Gasteiger partial charge is 0.239 e. The fraction of sp³-hybridized carbons (Fsp3) is 0.792. The van der Waals surface area contributed by atoms with E-state index in [1.807, 2.05) is 0 Å². The van der Waals surface area contributed by atoms with Crippen LogP contribution in [0.4, 0.5) is 0 Å². The normalized spacial score (nSPS) is 18.1. The number of aliphatic carboxylic acids is 3. The highest BCUT2D eigenvalue weighted by Crippen LogP contribution is 2.05. The van der Waals surface area contributed by atoms with Gasteiger partial charge in [0, 0.05) is 78.5 Å². The van der Waals surface area contributed by atoms with Crippen LogP contribution in [0.5, 0.6) is 0 Å². The summed E-state index contributed by atoms with van der Waals surface area (Å²) in [6.45, 7) is 4.83. The monoisotopic (exact) mass is 541 g/mol. The zero-order valence-corrected chi connectivity index (χ0v) is 22.4. The van der Waals surface area contributed by atoms with Gasteiger partial charge in [0.1, 0.15) is 0 Å². The first-order valence-corrected chi connectivity index (χ1v) is 13.1. The predicted molar refractivity (Wildman–Crippen MR) is 131 cm³/mol. The van der Waals surface area contributed by atoms with Crippen LogP contribution >= 0.6 is 0 Å². The van der Waals surface area contributed by atoms with Gasteiger partial charge in [-0.2, -0.15) is 0 Å². The third-order valence-corrected chi connectivity index (χ3v) is 6.38. The first-order chi connectivity index (χ1) is 18.0. The fourth-order valence-electron chi connectivity index (χ4n) is 4.11. The molecule has 1 aliphatic heterocycles. The third kappa shape index (κ3) is 14.8. The van der Waals surface area contributed by atoms with Gasteiger partial charge in [-0.25, -0.2) is 0 Å². The first-order valence-electron chi connectivity index (χ1n) is 13.1. The van der Waals surface area contributed by atoms with E-state index in [4.69, 9.17) is 0 Å². The van der Waals surface area contributed by atoms with Crippen LogP contribution < -0.4 is 26.0 Å². The van der Waals surface area contributed by atoms with Gasteiger partial charge in [0.25, 0.3) is 0 Å². The van der Waals surface area contributed by atoms with Gasteiger partial charge in [-0.3, -0.25) is 29.2 Å². The summed E-state index contributed by atoms with van der Waals surface area (Å²) in [5.74, 6) is -4.55. The van der Waals surface area contributed by atoms with Crippen molar-refractivity contribution in [2.45, 2.75) is 39.2 Å². The van der Waals surface area contributed by atoms with E-state index in [-0.39, 0.29) is 90.4 Å². The van der Waals surface area contributed by atoms with Gasteiger partial charge in [-0.15, -0.1) is 0 Å². The van der Waals surface area contributed by atoms with E-state index in [1.165, 1.54) is 0 Å². The van der Waals surface area contributed by atoms with E-state index in [9.17, 15) is 39.3 Å². The van der Waals surface area contributed by atoms with Crippen molar-refractivity contribution in [3.63, 3.8) is 0 Å². The number of nitrogens with zero attached hydrogens (tertiary/aromatic N) is 4. The lowest BCUT2D eigenvalue weighted by atomic mass is 10.2. The van der Waals surface area contributed by atoms with Gasteiger partial charge in [-0.1, -0.05) is 19.8 Å². The van der Waals surface area contributed by atoms with Crippen LogP contribution in [0.1, 0.15) is 33.1 Å². The molecule has 0 bridgehead atoms. The Morgan fingerprint density at radius 3 is 1.50 bits per heavy atom. The van der Waals surface area contributed by atoms with Crippen LogP contribution in [0.25, 0.3) is 0 Å².